The Balaban J connectivity index is 0. The fourth-order valence-corrected chi connectivity index (χ4v) is 1.50. The molecule has 0 heterocycles. The zero-order valence-electron chi connectivity index (χ0n) is 12.5. The molecular formula is C15H30O3. The van der Waals surface area contributed by atoms with Crippen molar-refractivity contribution in [3.63, 3.8) is 0 Å². The van der Waals surface area contributed by atoms with Crippen LogP contribution in [-0.2, 0) is 4.79 Å². The van der Waals surface area contributed by atoms with Gasteiger partial charge in [0.2, 0.25) is 0 Å². The van der Waals surface area contributed by atoms with Crippen molar-refractivity contribution in [2.24, 2.45) is 11.8 Å². The molecule has 0 aromatic heterocycles. The Bertz CT molecular complexity index is 216. The molecule has 0 aliphatic rings. The molecule has 0 unspecified atom stereocenters. The van der Waals surface area contributed by atoms with Crippen LogP contribution in [0.3, 0.4) is 0 Å². The van der Waals surface area contributed by atoms with Gasteiger partial charge in [0.25, 0.3) is 5.97 Å². The second kappa shape index (κ2) is 12.6. The Morgan fingerprint density at radius 2 is 1.67 bits per heavy atom. The highest BCUT2D eigenvalue weighted by Crippen LogP contribution is 2.15. The predicted octanol–water partition coefficient (Wildman–Crippen LogP) is 3.87. The third-order valence-electron chi connectivity index (χ3n) is 2.43. The van der Waals surface area contributed by atoms with Gasteiger partial charge in [-0.05, 0) is 25.2 Å². The minimum absolute atomic E-state index is 0.294. The summed E-state index contributed by atoms with van der Waals surface area (Å²) in [6.07, 6.45) is 8.76. The molecule has 108 valence electrons. The number of hydrogen-bond donors (Lipinski definition) is 2. The summed E-state index contributed by atoms with van der Waals surface area (Å²) in [4.78, 5) is 9.00. The van der Waals surface area contributed by atoms with E-state index in [1.165, 1.54) is 19.3 Å². The van der Waals surface area contributed by atoms with Gasteiger partial charge in [-0.1, -0.05) is 52.2 Å². The lowest BCUT2D eigenvalue weighted by Gasteiger charge is -2.09. The number of rotatable bonds is 7. The van der Waals surface area contributed by atoms with Crippen molar-refractivity contribution in [1.29, 1.82) is 0 Å². The molecule has 18 heavy (non-hydrogen) atoms. The highest BCUT2D eigenvalue weighted by molar-refractivity contribution is 5.62. The summed E-state index contributed by atoms with van der Waals surface area (Å²) >= 11 is 0. The van der Waals surface area contributed by atoms with Gasteiger partial charge in [0.1, 0.15) is 0 Å². The molecule has 0 saturated heterocycles. The van der Waals surface area contributed by atoms with Gasteiger partial charge in [-0.3, -0.25) is 4.79 Å². The fraction of sp³-hybridized carbons (Fsp3) is 0.800. The molecule has 0 amide bonds. The summed E-state index contributed by atoms with van der Waals surface area (Å²) < 4.78 is 0. The minimum atomic E-state index is -0.833. The Morgan fingerprint density at radius 3 is 2.06 bits per heavy atom. The van der Waals surface area contributed by atoms with Crippen LogP contribution in [0.25, 0.3) is 0 Å². The molecule has 0 radical (unpaired) electrons. The van der Waals surface area contributed by atoms with Gasteiger partial charge in [0.15, 0.2) is 0 Å². The zero-order chi connectivity index (χ0) is 14.6. The van der Waals surface area contributed by atoms with E-state index in [0.717, 1.165) is 25.2 Å². The van der Waals surface area contributed by atoms with Crippen molar-refractivity contribution in [3.8, 4) is 0 Å². The molecule has 0 fully saturated rings. The number of carboxylic acid groups (broad SMARTS) is 1. The fourth-order valence-electron chi connectivity index (χ4n) is 1.50. The Hall–Kier alpha value is -0.830. The summed E-state index contributed by atoms with van der Waals surface area (Å²) in [5, 5.41) is 16.4. The summed E-state index contributed by atoms with van der Waals surface area (Å²) in [6.45, 7) is 9.71. The minimum Gasteiger partial charge on any atom is -0.481 e. The van der Waals surface area contributed by atoms with E-state index in [1.54, 1.807) is 6.92 Å². The van der Waals surface area contributed by atoms with Crippen LogP contribution in [-0.4, -0.2) is 22.3 Å². The van der Waals surface area contributed by atoms with Gasteiger partial charge in [0.05, 0.1) is 6.10 Å². The average Bonchev–Trinajstić information content (AvgIpc) is 2.15. The third-order valence-corrected chi connectivity index (χ3v) is 2.43. The van der Waals surface area contributed by atoms with Crippen LogP contribution >= 0.6 is 0 Å². The lowest BCUT2D eigenvalue weighted by molar-refractivity contribution is -0.134. The van der Waals surface area contributed by atoms with Gasteiger partial charge in [-0.15, -0.1) is 0 Å². The molecule has 3 heteroatoms. The SMILES string of the molecule is CC(=O)O.CC(C)CCC[C@@H](C)CC=C[C@@H](C)O. The van der Waals surface area contributed by atoms with Crippen LogP contribution in [0.5, 0.6) is 0 Å². The van der Waals surface area contributed by atoms with E-state index in [9.17, 15) is 0 Å². The van der Waals surface area contributed by atoms with Crippen molar-refractivity contribution in [2.75, 3.05) is 0 Å². The number of carbonyl (C=O) groups is 1. The molecular weight excluding hydrogens is 228 g/mol. The number of aliphatic hydroxyl groups is 1. The van der Waals surface area contributed by atoms with Crippen molar-refractivity contribution >= 4 is 5.97 Å². The largest absolute Gasteiger partial charge is 0.481 e. The molecule has 0 rings (SSSR count). The smallest absolute Gasteiger partial charge is 0.300 e. The Kier molecular flexibility index (Phi) is 13.7. The second-order valence-electron chi connectivity index (χ2n) is 5.35. The van der Waals surface area contributed by atoms with Crippen molar-refractivity contribution < 1.29 is 15.0 Å². The predicted molar refractivity (Wildman–Crippen MR) is 76.6 cm³/mol. The first-order valence-electron chi connectivity index (χ1n) is 6.79. The zero-order valence-corrected chi connectivity index (χ0v) is 12.5. The van der Waals surface area contributed by atoms with Crippen LogP contribution in [0, 0.1) is 11.8 Å². The average molecular weight is 258 g/mol. The molecule has 2 atom stereocenters. The van der Waals surface area contributed by atoms with Gasteiger partial charge < -0.3 is 10.2 Å². The monoisotopic (exact) mass is 258 g/mol. The van der Waals surface area contributed by atoms with Crippen LogP contribution in [0.2, 0.25) is 0 Å². The summed E-state index contributed by atoms with van der Waals surface area (Å²) in [5.74, 6) is 0.749. The molecule has 2 N–H and O–H groups in total. The third kappa shape index (κ3) is 24.4. The molecule has 3 nitrogen and oxygen atoms in total. The van der Waals surface area contributed by atoms with E-state index in [1.807, 2.05) is 6.08 Å². The topological polar surface area (TPSA) is 57.5 Å². The molecule has 0 aliphatic heterocycles. The number of aliphatic hydroxyl groups excluding tert-OH is 1. The van der Waals surface area contributed by atoms with E-state index in [2.05, 4.69) is 26.8 Å². The molecule has 0 aromatic carbocycles. The van der Waals surface area contributed by atoms with Gasteiger partial charge in [-0.2, -0.15) is 0 Å². The van der Waals surface area contributed by atoms with E-state index in [4.69, 9.17) is 15.0 Å². The second-order valence-corrected chi connectivity index (χ2v) is 5.35. The standard InChI is InChI=1S/C13H26O.C2H4O2/c1-11(2)7-5-8-12(3)9-6-10-13(4)14;1-2(3)4/h6,10-14H,5,7-9H2,1-4H3;1H3,(H,3,4)/t12-,13-;/m1./s1. The summed E-state index contributed by atoms with van der Waals surface area (Å²) in [5.41, 5.74) is 0. The van der Waals surface area contributed by atoms with Gasteiger partial charge in [-0.25, -0.2) is 0 Å². The first-order valence-corrected chi connectivity index (χ1v) is 6.79. The van der Waals surface area contributed by atoms with Crippen LogP contribution in [0.4, 0.5) is 0 Å². The van der Waals surface area contributed by atoms with Crippen molar-refractivity contribution in [3.05, 3.63) is 12.2 Å². The molecule has 0 saturated carbocycles. The normalized spacial score (nSPS) is 14.2. The highest BCUT2D eigenvalue weighted by atomic mass is 16.4. The van der Waals surface area contributed by atoms with Crippen LogP contribution < -0.4 is 0 Å². The maximum atomic E-state index is 9.03. The van der Waals surface area contributed by atoms with Crippen molar-refractivity contribution in [2.45, 2.75) is 66.4 Å². The van der Waals surface area contributed by atoms with Crippen LogP contribution in [0.1, 0.15) is 60.3 Å². The van der Waals surface area contributed by atoms with Gasteiger partial charge in [0, 0.05) is 6.92 Å². The van der Waals surface area contributed by atoms with Crippen LogP contribution in [0.15, 0.2) is 12.2 Å². The van der Waals surface area contributed by atoms with Crippen molar-refractivity contribution in [1.82, 2.24) is 0 Å². The lowest BCUT2D eigenvalue weighted by atomic mass is 9.97. The molecule has 0 aliphatic carbocycles. The van der Waals surface area contributed by atoms with E-state index >= 15 is 0 Å². The van der Waals surface area contributed by atoms with E-state index in [0.29, 0.717) is 0 Å². The molecule has 0 spiro atoms. The number of hydrogen-bond acceptors (Lipinski definition) is 2. The maximum Gasteiger partial charge on any atom is 0.300 e. The Labute approximate surface area is 112 Å². The first kappa shape index (κ1) is 19.5. The number of aliphatic carboxylic acids is 1. The molecule has 0 aromatic rings. The highest BCUT2D eigenvalue weighted by Gasteiger charge is 2.01. The van der Waals surface area contributed by atoms with E-state index in [-0.39, 0.29) is 6.10 Å². The maximum absolute atomic E-state index is 9.03. The number of carboxylic acids is 1. The molecule has 0 bridgehead atoms. The summed E-state index contributed by atoms with van der Waals surface area (Å²) in [6, 6.07) is 0. The van der Waals surface area contributed by atoms with E-state index < -0.39 is 5.97 Å². The first-order chi connectivity index (χ1) is 8.25. The quantitative estimate of drug-likeness (QED) is 0.682. The van der Waals surface area contributed by atoms with Gasteiger partial charge >= 0.3 is 0 Å². The Morgan fingerprint density at radius 1 is 1.17 bits per heavy atom. The summed E-state index contributed by atoms with van der Waals surface area (Å²) in [7, 11) is 0. The lowest BCUT2D eigenvalue weighted by Crippen LogP contribution is -1.97. The number of allylic oxidation sites excluding steroid dienone is 1.